The van der Waals surface area contributed by atoms with Gasteiger partial charge < -0.3 is 5.32 Å². The summed E-state index contributed by atoms with van der Waals surface area (Å²) in [6.45, 7) is 8.48. The van der Waals surface area contributed by atoms with E-state index in [1.807, 2.05) is 11.6 Å². The predicted molar refractivity (Wildman–Crippen MR) is 66.8 cm³/mol. The lowest BCUT2D eigenvalue weighted by Gasteiger charge is -2.25. The Labute approximate surface area is 102 Å². The summed E-state index contributed by atoms with van der Waals surface area (Å²) in [5.74, 6) is 0. The summed E-state index contributed by atoms with van der Waals surface area (Å²) in [5.41, 5.74) is 1.27. The van der Waals surface area contributed by atoms with Crippen LogP contribution in [-0.4, -0.2) is 22.4 Å². The lowest BCUT2D eigenvalue weighted by atomic mass is 9.93. The maximum Gasteiger partial charge on any atom is 0.0814 e. The highest BCUT2D eigenvalue weighted by molar-refractivity contribution is 6.31. The van der Waals surface area contributed by atoms with Crippen LogP contribution in [0.15, 0.2) is 6.20 Å². The maximum absolute atomic E-state index is 6.00. The molecule has 0 amide bonds. The molecular weight excluding hydrogens is 222 g/mol. The first-order chi connectivity index (χ1) is 7.48. The van der Waals surface area contributed by atoms with Gasteiger partial charge in [0.2, 0.25) is 0 Å². The van der Waals surface area contributed by atoms with Gasteiger partial charge in [-0.2, -0.15) is 5.10 Å². The zero-order valence-electron chi connectivity index (χ0n) is 10.3. The molecule has 0 spiro atoms. The summed E-state index contributed by atoms with van der Waals surface area (Å²) in [6, 6.07) is 0.765. The van der Waals surface area contributed by atoms with Gasteiger partial charge in [-0.05, 0) is 25.2 Å². The second-order valence-corrected chi connectivity index (χ2v) is 5.96. The fourth-order valence-corrected chi connectivity index (χ4v) is 1.89. The number of hydrogen-bond donors (Lipinski definition) is 1. The number of aromatic nitrogens is 2. The van der Waals surface area contributed by atoms with E-state index in [2.05, 4.69) is 24.3 Å². The van der Waals surface area contributed by atoms with E-state index in [9.17, 15) is 0 Å². The molecule has 1 aromatic rings. The third-order valence-corrected chi connectivity index (χ3v) is 3.44. The van der Waals surface area contributed by atoms with Crippen LogP contribution in [0, 0.1) is 12.3 Å². The van der Waals surface area contributed by atoms with Gasteiger partial charge in [0, 0.05) is 19.1 Å². The highest BCUT2D eigenvalue weighted by Crippen LogP contribution is 2.24. The van der Waals surface area contributed by atoms with E-state index in [0.717, 1.165) is 29.8 Å². The molecule has 16 heavy (non-hydrogen) atoms. The lowest BCUT2D eigenvalue weighted by Crippen LogP contribution is -2.34. The van der Waals surface area contributed by atoms with Crippen molar-refractivity contribution in [2.75, 3.05) is 6.54 Å². The summed E-state index contributed by atoms with van der Waals surface area (Å²) < 4.78 is 2.00. The van der Waals surface area contributed by atoms with E-state index in [1.54, 1.807) is 6.20 Å². The molecule has 1 aromatic heterocycles. The van der Waals surface area contributed by atoms with Crippen molar-refractivity contribution in [3.8, 4) is 0 Å². The number of rotatable bonds is 5. The van der Waals surface area contributed by atoms with Crippen LogP contribution in [0.25, 0.3) is 0 Å². The minimum absolute atomic E-state index is 0.211. The van der Waals surface area contributed by atoms with Crippen molar-refractivity contribution < 1.29 is 0 Å². The van der Waals surface area contributed by atoms with Gasteiger partial charge in [-0.3, -0.25) is 4.68 Å². The van der Waals surface area contributed by atoms with Gasteiger partial charge in [0.05, 0.1) is 16.9 Å². The van der Waals surface area contributed by atoms with Crippen molar-refractivity contribution in [1.29, 1.82) is 0 Å². The predicted octanol–water partition coefficient (Wildman–Crippen LogP) is 2.62. The van der Waals surface area contributed by atoms with E-state index >= 15 is 0 Å². The molecule has 0 unspecified atom stereocenters. The molecule has 3 nitrogen and oxygen atoms in total. The van der Waals surface area contributed by atoms with Crippen molar-refractivity contribution in [2.24, 2.45) is 5.41 Å². The smallest absolute Gasteiger partial charge is 0.0814 e. The van der Waals surface area contributed by atoms with Gasteiger partial charge in [0.1, 0.15) is 0 Å². The highest BCUT2D eigenvalue weighted by atomic mass is 35.5. The molecule has 0 bridgehead atoms. The van der Waals surface area contributed by atoms with Crippen molar-refractivity contribution in [3.05, 3.63) is 16.9 Å². The molecule has 90 valence electrons. The molecule has 0 saturated heterocycles. The average Bonchev–Trinajstić information content (AvgIpc) is 2.99. The highest BCUT2D eigenvalue weighted by Gasteiger charge is 2.26. The molecule has 1 aliphatic rings. The Hall–Kier alpha value is -0.540. The van der Waals surface area contributed by atoms with E-state index in [4.69, 9.17) is 11.6 Å². The quantitative estimate of drug-likeness (QED) is 0.859. The van der Waals surface area contributed by atoms with Crippen LogP contribution in [0.2, 0.25) is 5.02 Å². The van der Waals surface area contributed by atoms with Crippen LogP contribution >= 0.6 is 11.6 Å². The number of nitrogens with zero attached hydrogens (tertiary/aromatic N) is 2. The molecule has 1 heterocycles. The normalized spacial score (nSPS) is 16.8. The third-order valence-electron chi connectivity index (χ3n) is 3.07. The molecule has 1 aliphatic carbocycles. The zero-order valence-corrected chi connectivity index (χ0v) is 11.0. The Bertz CT molecular complexity index is 366. The Morgan fingerprint density at radius 2 is 2.25 bits per heavy atom. The van der Waals surface area contributed by atoms with Crippen molar-refractivity contribution in [2.45, 2.75) is 46.2 Å². The van der Waals surface area contributed by atoms with Crippen molar-refractivity contribution in [1.82, 2.24) is 15.1 Å². The molecule has 0 atom stereocenters. The lowest BCUT2D eigenvalue weighted by molar-refractivity contribution is 0.273. The molecule has 0 aromatic carbocycles. The first-order valence-corrected chi connectivity index (χ1v) is 6.27. The van der Waals surface area contributed by atoms with Crippen LogP contribution in [0.3, 0.4) is 0 Å². The Morgan fingerprint density at radius 1 is 1.56 bits per heavy atom. The zero-order chi connectivity index (χ0) is 11.8. The van der Waals surface area contributed by atoms with Gasteiger partial charge in [-0.15, -0.1) is 0 Å². The average molecular weight is 242 g/mol. The Kier molecular flexibility index (Phi) is 3.27. The van der Waals surface area contributed by atoms with Gasteiger partial charge in [0.25, 0.3) is 0 Å². The Balaban J connectivity index is 1.93. The van der Waals surface area contributed by atoms with E-state index in [0.29, 0.717) is 0 Å². The largest absolute Gasteiger partial charge is 0.313 e. The van der Waals surface area contributed by atoms with Crippen LogP contribution < -0.4 is 5.32 Å². The van der Waals surface area contributed by atoms with Crippen LogP contribution in [-0.2, 0) is 6.54 Å². The summed E-state index contributed by atoms with van der Waals surface area (Å²) in [7, 11) is 0. The van der Waals surface area contributed by atoms with Gasteiger partial charge in [-0.1, -0.05) is 25.4 Å². The fourth-order valence-electron chi connectivity index (χ4n) is 1.75. The van der Waals surface area contributed by atoms with Crippen molar-refractivity contribution >= 4 is 11.6 Å². The summed E-state index contributed by atoms with van der Waals surface area (Å²) in [5, 5.41) is 8.62. The van der Waals surface area contributed by atoms with Gasteiger partial charge in [0.15, 0.2) is 0 Å². The second-order valence-electron chi connectivity index (χ2n) is 5.55. The first-order valence-electron chi connectivity index (χ1n) is 5.89. The molecule has 4 heteroatoms. The molecule has 2 rings (SSSR count). The SMILES string of the molecule is Cc1c(Cl)cnn1CC(C)(C)CNC1CC1. The van der Waals surface area contributed by atoms with Crippen LogP contribution in [0.5, 0.6) is 0 Å². The van der Waals surface area contributed by atoms with Gasteiger partial charge in [-0.25, -0.2) is 0 Å². The molecule has 1 fully saturated rings. The first kappa shape index (κ1) is 11.9. The van der Waals surface area contributed by atoms with Crippen molar-refractivity contribution in [3.63, 3.8) is 0 Å². The fraction of sp³-hybridized carbons (Fsp3) is 0.750. The van der Waals surface area contributed by atoms with E-state index in [-0.39, 0.29) is 5.41 Å². The summed E-state index contributed by atoms with van der Waals surface area (Å²) >= 11 is 6.00. The maximum atomic E-state index is 6.00. The molecule has 1 N–H and O–H groups in total. The number of halogens is 1. The van der Waals surface area contributed by atoms with Crippen LogP contribution in [0.4, 0.5) is 0 Å². The minimum Gasteiger partial charge on any atom is -0.313 e. The monoisotopic (exact) mass is 241 g/mol. The summed E-state index contributed by atoms with van der Waals surface area (Å²) in [4.78, 5) is 0. The van der Waals surface area contributed by atoms with E-state index < -0.39 is 0 Å². The third kappa shape index (κ3) is 2.98. The number of hydrogen-bond acceptors (Lipinski definition) is 2. The number of nitrogens with one attached hydrogen (secondary N) is 1. The molecule has 0 radical (unpaired) electrons. The Morgan fingerprint density at radius 3 is 2.75 bits per heavy atom. The second kappa shape index (κ2) is 4.38. The molecule has 1 saturated carbocycles. The van der Waals surface area contributed by atoms with Crippen LogP contribution in [0.1, 0.15) is 32.4 Å². The molecular formula is C12H20ClN3. The van der Waals surface area contributed by atoms with Gasteiger partial charge >= 0.3 is 0 Å². The van der Waals surface area contributed by atoms with E-state index in [1.165, 1.54) is 12.8 Å². The standard InChI is InChI=1S/C12H20ClN3/c1-9-11(13)6-15-16(9)8-12(2,3)7-14-10-4-5-10/h6,10,14H,4-5,7-8H2,1-3H3. The molecule has 0 aliphatic heterocycles. The minimum atomic E-state index is 0.211. The topological polar surface area (TPSA) is 29.9 Å². The summed E-state index contributed by atoms with van der Waals surface area (Å²) in [6.07, 6.45) is 4.40.